The van der Waals surface area contributed by atoms with Crippen LogP contribution in [-0.2, 0) is 9.53 Å². The van der Waals surface area contributed by atoms with Gasteiger partial charge in [0.2, 0.25) is 5.91 Å². The quantitative estimate of drug-likeness (QED) is 0.0956. The number of nitrogens with two attached hydrogens (primary N) is 1. The lowest BCUT2D eigenvalue weighted by atomic mass is 9.81. The second kappa shape index (κ2) is 12.2. The van der Waals surface area contributed by atoms with E-state index in [2.05, 4.69) is 33.2 Å². The number of phenols is 1. The molecule has 0 radical (unpaired) electrons. The number of para-hydroxylation sites is 2. The van der Waals surface area contributed by atoms with Gasteiger partial charge in [-0.15, -0.1) is 11.8 Å². The van der Waals surface area contributed by atoms with Gasteiger partial charge < -0.3 is 20.9 Å². The van der Waals surface area contributed by atoms with Gasteiger partial charge in [-0.1, -0.05) is 32.1 Å². The second-order valence-corrected chi connectivity index (χ2v) is 10.7. The minimum atomic E-state index is -0.900. The van der Waals surface area contributed by atoms with Gasteiger partial charge in [0, 0.05) is 25.1 Å². The molecule has 3 aromatic rings. The molecule has 1 atom stereocenters. The molecule has 0 aliphatic carbocycles. The molecule has 2 amide bonds. The third kappa shape index (κ3) is 7.41. The van der Waals surface area contributed by atoms with Gasteiger partial charge in [0.15, 0.2) is 0 Å². The van der Waals surface area contributed by atoms with Gasteiger partial charge >= 0.3 is 6.09 Å². The first kappa shape index (κ1) is 27.4. The van der Waals surface area contributed by atoms with Crippen LogP contribution in [0.4, 0.5) is 21.9 Å². The van der Waals surface area contributed by atoms with Crippen LogP contribution in [0.15, 0.2) is 83.8 Å². The zero-order valence-electron chi connectivity index (χ0n) is 20.1. The van der Waals surface area contributed by atoms with Crippen molar-refractivity contribution in [1.82, 2.24) is 0 Å². The predicted molar refractivity (Wildman–Crippen MR) is 154 cm³/mol. The summed E-state index contributed by atoms with van der Waals surface area (Å²) in [6.07, 6.45) is 3.40. The maximum absolute atomic E-state index is 12.9. The van der Waals surface area contributed by atoms with E-state index < -0.39 is 17.6 Å². The van der Waals surface area contributed by atoms with Gasteiger partial charge in [-0.25, -0.2) is 4.79 Å². The van der Waals surface area contributed by atoms with Crippen LogP contribution in [0, 0.1) is 8.99 Å². The van der Waals surface area contributed by atoms with E-state index in [1.165, 1.54) is 6.08 Å². The van der Waals surface area contributed by atoms with Crippen LogP contribution in [0.1, 0.15) is 25.5 Å². The van der Waals surface area contributed by atoms with Crippen LogP contribution in [0.5, 0.6) is 5.75 Å². The fourth-order valence-electron chi connectivity index (χ4n) is 3.44. The average Bonchev–Trinajstić information content (AvgIpc) is 2.85. The van der Waals surface area contributed by atoms with Gasteiger partial charge in [0.1, 0.15) is 11.9 Å². The Bertz CT molecular complexity index is 1260. The highest BCUT2D eigenvalue weighted by Gasteiger charge is 2.34. The second-order valence-electron chi connectivity index (χ2n) is 8.57. The molecule has 0 saturated heterocycles. The third-order valence-electron chi connectivity index (χ3n) is 5.39. The van der Waals surface area contributed by atoms with Crippen molar-refractivity contribution in [1.29, 1.82) is 0 Å². The maximum atomic E-state index is 12.9. The zero-order valence-corrected chi connectivity index (χ0v) is 23.1. The van der Waals surface area contributed by atoms with Gasteiger partial charge in [-0.05, 0) is 89.5 Å². The SMILES string of the molecule is CSc1ccc(NC(=O)O[C@@H](c2cc(I)ccc2O)C(C)(C)/C=C/C(=O)Nc2ccccc2N)cc1. The normalized spacial score (nSPS) is 12.2. The first-order valence-corrected chi connectivity index (χ1v) is 13.3. The molecular weight excluding hydrogens is 589 g/mol. The number of nitrogens with one attached hydrogen (secondary N) is 2. The molecule has 0 unspecified atom stereocenters. The number of phenolic OH excluding ortho intramolecular Hbond substituents is 1. The van der Waals surface area contributed by atoms with Crippen LogP contribution < -0.4 is 16.4 Å². The van der Waals surface area contributed by atoms with E-state index >= 15 is 0 Å². The minimum absolute atomic E-state index is 0.0134. The number of carbonyl (C=O) groups is 2. The minimum Gasteiger partial charge on any atom is -0.508 e. The van der Waals surface area contributed by atoms with Gasteiger partial charge in [-0.2, -0.15) is 0 Å². The van der Waals surface area contributed by atoms with Crippen molar-refractivity contribution in [2.45, 2.75) is 24.8 Å². The molecule has 188 valence electrons. The summed E-state index contributed by atoms with van der Waals surface area (Å²) in [5.74, 6) is -0.398. The van der Waals surface area contributed by atoms with Crippen molar-refractivity contribution in [3.05, 3.63) is 88.0 Å². The molecule has 0 fully saturated rings. The monoisotopic (exact) mass is 617 g/mol. The van der Waals surface area contributed by atoms with E-state index in [9.17, 15) is 14.7 Å². The summed E-state index contributed by atoms with van der Waals surface area (Å²) in [5.41, 5.74) is 6.99. The molecule has 3 rings (SSSR count). The van der Waals surface area contributed by atoms with E-state index in [0.717, 1.165) is 8.47 Å². The number of hydrogen-bond donors (Lipinski definition) is 4. The average molecular weight is 618 g/mol. The largest absolute Gasteiger partial charge is 0.508 e. The molecule has 0 spiro atoms. The van der Waals surface area contributed by atoms with Crippen LogP contribution in [0.3, 0.4) is 0 Å². The fraction of sp³-hybridized carbons (Fsp3) is 0.185. The molecule has 0 saturated carbocycles. The van der Waals surface area contributed by atoms with Crippen molar-refractivity contribution < 1.29 is 19.4 Å². The number of thioether (sulfide) groups is 1. The van der Waals surface area contributed by atoms with Gasteiger partial charge in [-0.3, -0.25) is 10.1 Å². The molecular formula is C27H28IN3O4S. The summed E-state index contributed by atoms with van der Waals surface area (Å²) in [7, 11) is 0. The zero-order chi connectivity index (χ0) is 26.3. The summed E-state index contributed by atoms with van der Waals surface area (Å²) in [5, 5.41) is 16.1. The highest BCUT2D eigenvalue weighted by atomic mass is 127. The third-order valence-corrected chi connectivity index (χ3v) is 6.81. The van der Waals surface area contributed by atoms with Crippen LogP contribution in [0.2, 0.25) is 0 Å². The summed E-state index contributed by atoms with van der Waals surface area (Å²) in [4.78, 5) is 26.5. The summed E-state index contributed by atoms with van der Waals surface area (Å²) < 4.78 is 6.71. The Hall–Kier alpha value is -3.18. The number of amides is 2. The molecule has 0 bridgehead atoms. The Labute approximate surface area is 228 Å². The topological polar surface area (TPSA) is 114 Å². The summed E-state index contributed by atoms with van der Waals surface area (Å²) in [6.45, 7) is 3.64. The van der Waals surface area contributed by atoms with Gasteiger partial charge in [0.05, 0.1) is 11.4 Å². The number of anilines is 3. The van der Waals surface area contributed by atoms with E-state index in [0.29, 0.717) is 22.6 Å². The van der Waals surface area contributed by atoms with Crippen molar-refractivity contribution in [2.75, 3.05) is 22.6 Å². The molecule has 5 N–H and O–H groups in total. The molecule has 3 aromatic carbocycles. The molecule has 0 aliphatic rings. The Kier molecular flexibility index (Phi) is 9.27. The van der Waals surface area contributed by atoms with E-state index in [-0.39, 0.29) is 11.7 Å². The summed E-state index contributed by atoms with van der Waals surface area (Å²) in [6, 6.07) is 19.4. The number of rotatable bonds is 8. The number of hydrogen-bond acceptors (Lipinski definition) is 6. The van der Waals surface area contributed by atoms with Crippen molar-refractivity contribution in [3.63, 3.8) is 0 Å². The highest BCUT2D eigenvalue weighted by Crippen LogP contribution is 2.42. The molecule has 0 heterocycles. The molecule has 7 nitrogen and oxygen atoms in total. The lowest BCUT2D eigenvalue weighted by Gasteiger charge is -2.32. The van der Waals surface area contributed by atoms with E-state index in [1.54, 1.807) is 72.4 Å². The van der Waals surface area contributed by atoms with Crippen molar-refractivity contribution >= 4 is 63.4 Å². The van der Waals surface area contributed by atoms with Crippen LogP contribution >= 0.6 is 34.4 Å². The molecule has 0 aromatic heterocycles. The Morgan fingerprint density at radius 1 is 1.08 bits per heavy atom. The Balaban J connectivity index is 1.84. The number of ether oxygens (including phenoxy) is 1. The first-order chi connectivity index (χ1) is 17.1. The molecule has 9 heteroatoms. The standard InChI is InChI=1S/C27H28IN3O4S/c1-27(2,15-14-24(33)31-22-7-5-4-6-21(22)29)25(20-16-17(28)8-13-23(20)32)35-26(34)30-18-9-11-19(36-3)12-10-18/h4-16,25,32H,29H2,1-3H3,(H,30,34)(H,31,33)/b15-14+/t25-/m0/s1. The number of halogens is 1. The van der Waals surface area contributed by atoms with Crippen LogP contribution in [-0.4, -0.2) is 23.4 Å². The van der Waals surface area contributed by atoms with Crippen molar-refractivity contribution in [3.8, 4) is 5.75 Å². The smallest absolute Gasteiger partial charge is 0.412 e. The lowest BCUT2D eigenvalue weighted by Crippen LogP contribution is -2.28. The highest BCUT2D eigenvalue weighted by molar-refractivity contribution is 14.1. The Morgan fingerprint density at radius 3 is 2.44 bits per heavy atom. The fourth-order valence-corrected chi connectivity index (χ4v) is 4.37. The maximum Gasteiger partial charge on any atom is 0.412 e. The van der Waals surface area contributed by atoms with E-state index in [1.807, 2.05) is 32.2 Å². The van der Waals surface area contributed by atoms with Crippen molar-refractivity contribution in [2.24, 2.45) is 5.41 Å². The number of carbonyl (C=O) groups excluding carboxylic acids is 2. The van der Waals surface area contributed by atoms with Crippen LogP contribution in [0.25, 0.3) is 0 Å². The summed E-state index contributed by atoms with van der Waals surface area (Å²) >= 11 is 3.73. The molecule has 0 aliphatic heterocycles. The van der Waals surface area contributed by atoms with Gasteiger partial charge in [0.25, 0.3) is 0 Å². The Morgan fingerprint density at radius 2 is 1.78 bits per heavy atom. The molecule has 36 heavy (non-hydrogen) atoms. The first-order valence-electron chi connectivity index (χ1n) is 11.0. The van der Waals surface area contributed by atoms with E-state index in [4.69, 9.17) is 10.5 Å². The lowest BCUT2D eigenvalue weighted by molar-refractivity contribution is -0.112. The number of benzene rings is 3. The predicted octanol–water partition coefficient (Wildman–Crippen LogP) is 6.81. The number of nitrogen functional groups attached to an aromatic ring is 1. The number of aromatic hydroxyl groups is 1.